The van der Waals surface area contributed by atoms with Crippen LogP contribution in [0, 0.1) is 0 Å². The van der Waals surface area contributed by atoms with E-state index >= 15 is 0 Å². The molecule has 0 atom stereocenters. The van der Waals surface area contributed by atoms with E-state index in [0.717, 1.165) is 25.8 Å². The summed E-state index contributed by atoms with van der Waals surface area (Å²) in [7, 11) is 1.76. The molecule has 106 valence electrons. The number of amides is 1. The molecule has 0 spiro atoms. The fraction of sp³-hybridized carbons (Fsp3) is 0.643. The zero-order valence-corrected chi connectivity index (χ0v) is 12.3. The highest BCUT2D eigenvalue weighted by molar-refractivity contribution is 5.92. The molecule has 0 fully saturated rings. The van der Waals surface area contributed by atoms with E-state index in [9.17, 15) is 4.79 Å². The molecular formula is C14H24N4O. The molecule has 0 aliphatic rings. The zero-order chi connectivity index (χ0) is 14.3. The van der Waals surface area contributed by atoms with E-state index in [1.807, 2.05) is 18.7 Å². The van der Waals surface area contributed by atoms with Crippen molar-refractivity contribution < 1.29 is 4.79 Å². The lowest BCUT2D eigenvalue weighted by Crippen LogP contribution is -2.38. The minimum atomic E-state index is -0.0456. The van der Waals surface area contributed by atoms with Gasteiger partial charge in [-0.15, -0.1) is 0 Å². The molecule has 0 saturated heterocycles. The second kappa shape index (κ2) is 7.71. The number of hydrogen-bond donors (Lipinski definition) is 1. The topological polar surface area (TPSA) is 58.1 Å². The molecule has 1 aromatic heterocycles. The number of rotatable bonds is 7. The molecule has 0 bridgehead atoms. The Morgan fingerprint density at radius 3 is 2.68 bits per heavy atom. The van der Waals surface area contributed by atoms with Gasteiger partial charge in [-0.3, -0.25) is 9.78 Å². The predicted octanol–water partition coefficient (Wildman–Crippen LogP) is 2.56. The lowest BCUT2D eigenvalue weighted by molar-refractivity contribution is 0.0696. The Labute approximate surface area is 115 Å². The van der Waals surface area contributed by atoms with Crippen molar-refractivity contribution in [1.29, 1.82) is 0 Å². The summed E-state index contributed by atoms with van der Waals surface area (Å²) in [6, 6.07) is 0.171. The van der Waals surface area contributed by atoms with Crippen LogP contribution in [0.1, 0.15) is 50.5 Å². The van der Waals surface area contributed by atoms with Crippen LogP contribution in [0.5, 0.6) is 0 Å². The van der Waals surface area contributed by atoms with Crippen molar-refractivity contribution in [2.75, 3.05) is 18.9 Å². The number of aromatic nitrogens is 2. The van der Waals surface area contributed by atoms with Crippen LogP contribution in [-0.2, 0) is 0 Å². The van der Waals surface area contributed by atoms with Crippen molar-refractivity contribution in [2.45, 2.75) is 46.1 Å². The Morgan fingerprint density at radius 1 is 1.37 bits per heavy atom. The van der Waals surface area contributed by atoms with Crippen LogP contribution in [0.2, 0.25) is 0 Å². The summed E-state index contributed by atoms with van der Waals surface area (Å²) in [5.74, 6) is 0.568. The van der Waals surface area contributed by atoms with Crippen LogP contribution < -0.4 is 5.32 Å². The quantitative estimate of drug-likeness (QED) is 0.769. The monoisotopic (exact) mass is 264 g/mol. The van der Waals surface area contributed by atoms with Crippen LogP contribution in [0.3, 0.4) is 0 Å². The maximum atomic E-state index is 12.4. The second-order valence-corrected chi connectivity index (χ2v) is 4.84. The van der Waals surface area contributed by atoms with Gasteiger partial charge >= 0.3 is 0 Å². The number of nitrogens with one attached hydrogen (secondary N) is 1. The summed E-state index contributed by atoms with van der Waals surface area (Å²) in [5.41, 5.74) is 0.400. The molecule has 1 heterocycles. The standard InChI is InChI=1S/C14H24N4O/c1-5-6-7-8-18(11(2)3)14(19)12-9-16-10-13(15-4)17-12/h9-11H,5-8H2,1-4H3,(H,15,17). The average molecular weight is 264 g/mol. The Balaban J connectivity index is 2.80. The smallest absolute Gasteiger partial charge is 0.274 e. The van der Waals surface area contributed by atoms with Gasteiger partial charge in [-0.1, -0.05) is 19.8 Å². The van der Waals surface area contributed by atoms with Crippen LogP contribution in [-0.4, -0.2) is 40.4 Å². The minimum absolute atomic E-state index is 0.0456. The van der Waals surface area contributed by atoms with E-state index in [0.29, 0.717) is 11.5 Å². The minimum Gasteiger partial charge on any atom is -0.372 e. The molecule has 0 aliphatic heterocycles. The number of carbonyl (C=O) groups is 1. The summed E-state index contributed by atoms with van der Waals surface area (Å²) >= 11 is 0. The van der Waals surface area contributed by atoms with Crippen molar-refractivity contribution in [3.63, 3.8) is 0 Å². The Kier molecular flexibility index (Phi) is 6.25. The van der Waals surface area contributed by atoms with E-state index in [2.05, 4.69) is 22.2 Å². The SMILES string of the molecule is CCCCCN(C(=O)c1cncc(NC)n1)C(C)C. The van der Waals surface area contributed by atoms with E-state index in [1.54, 1.807) is 13.2 Å². The second-order valence-electron chi connectivity index (χ2n) is 4.84. The van der Waals surface area contributed by atoms with Crippen LogP contribution in [0.15, 0.2) is 12.4 Å². The lowest BCUT2D eigenvalue weighted by atomic mass is 10.2. The molecular weight excluding hydrogens is 240 g/mol. The normalized spacial score (nSPS) is 10.6. The first-order valence-corrected chi connectivity index (χ1v) is 6.90. The maximum absolute atomic E-state index is 12.4. The van der Waals surface area contributed by atoms with Gasteiger partial charge in [-0.2, -0.15) is 0 Å². The van der Waals surface area contributed by atoms with Crippen molar-refractivity contribution in [3.8, 4) is 0 Å². The molecule has 0 aliphatic carbocycles. The van der Waals surface area contributed by atoms with Crippen molar-refractivity contribution in [3.05, 3.63) is 18.1 Å². The first kappa shape index (κ1) is 15.4. The van der Waals surface area contributed by atoms with Gasteiger partial charge in [0.05, 0.1) is 12.4 Å². The fourth-order valence-electron chi connectivity index (χ4n) is 1.86. The number of carbonyl (C=O) groups excluding carboxylic acids is 1. The fourth-order valence-corrected chi connectivity index (χ4v) is 1.86. The molecule has 1 N–H and O–H groups in total. The first-order valence-electron chi connectivity index (χ1n) is 6.90. The molecule has 1 amide bonds. The molecule has 0 aromatic carbocycles. The van der Waals surface area contributed by atoms with Gasteiger partial charge in [-0.05, 0) is 20.3 Å². The summed E-state index contributed by atoms with van der Waals surface area (Å²) in [6.45, 7) is 6.98. The van der Waals surface area contributed by atoms with Gasteiger partial charge in [0.25, 0.3) is 5.91 Å². The lowest BCUT2D eigenvalue weighted by Gasteiger charge is -2.26. The molecule has 1 rings (SSSR count). The Morgan fingerprint density at radius 2 is 2.11 bits per heavy atom. The third-order valence-electron chi connectivity index (χ3n) is 3.00. The van der Waals surface area contributed by atoms with Crippen LogP contribution in [0.4, 0.5) is 5.82 Å². The van der Waals surface area contributed by atoms with Crippen LogP contribution in [0.25, 0.3) is 0 Å². The molecule has 5 nitrogen and oxygen atoms in total. The number of unbranched alkanes of at least 4 members (excludes halogenated alkanes) is 2. The number of hydrogen-bond acceptors (Lipinski definition) is 4. The third kappa shape index (κ3) is 4.50. The number of nitrogens with zero attached hydrogens (tertiary/aromatic N) is 3. The molecule has 0 radical (unpaired) electrons. The Bertz CT molecular complexity index is 406. The van der Waals surface area contributed by atoms with E-state index in [1.165, 1.54) is 6.20 Å². The maximum Gasteiger partial charge on any atom is 0.274 e. The summed E-state index contributed by atoms with van der Waals surface area (Å²) in [5, 5.41) is 2.90. The highest BCUT2D eigenvalue weighted by Gasteiger charge is 2.20. The zero-order valence-electron chi connectivity index (χ0n) is 12.3. The first-order chi connectivity index (χ1) is 9.10. The van der Waals surface area contributed by atoms with E-state index in [4.69, 9.17) is 0 Å². The van der Waals surface area contributed by atoms with Crippen molar-refractivity contribution in [2.24, 2.45) is 0 Å². The van der Waals surface area contributed by atoms with Gasteiger partial charge in [0.15, 0.2) is 0 Å². The summed E-state index contributed by atoms with van der Waals surface area (Å²) in [6.07, 6.45) is 6.44. The van der Waals surface area contributed by atoms with Gasteiger partial charge in [-0.25, -0.2) is 4.98 Å². The van der Waals surface area contributed by atoms with E-state index in [-0.39, 0.29) is 11.9 Å². The molecule has 0 unspecified atom stereocenters. The summed E-state index contributed by atoms with van der Waals surface area (Å²) < 4.78 is 0. The number of anilines is 1. The Hall–Kier alpha value is -1.65. The van der Waals surface area contributed by atoms with Gasteiger partial charge in [0.1, 0.15) is 11.5 Å². The van der Waals surface area contributed by atoms with Gasteiger partial charge in [0, 0.05) is 19.6 Å². The van der Waals surface area contributed by atoms with E-state index < -0.39 is 0 Å². The average Bonchev–Trinajstić information content (AvgIpc) is 2.42. The molecule has 0 saturated carbocycles. The van der Waals surface area contributed by atoms with Crippen LogP contribution >= 0.6 is 0 Å². The van der Waals surface area contributed by atoms with Crippen molar-refractivity contribution >= 4 is 11.7 Å². The van der Waals surface area contributed by atoms with Gasteiger partial charge in [0.2, 0.25) is 0 Å². The van der Waals surface area contributed by atoms with Gasteiger partial charge < -0.3 is 10.2 Å². The molecule has 19 heavy (non-hydrogen) atoms. The third-order valence-corrected chi connectivity index (χ3v) is 3.00. The summed E-state index contributed by atoms with van der Waals surface area (Å²) in [4.78, 5) is 22.6. The predicted molar refractivity (Wildman–Crippen MR) is 77.3 cm³/mol. The highest BCUT2D eigenvalue weighted by Crippen LogP contribution is 2.10. The molecule has 1 aromatic rings. The largest absolute Gasteiger partial charge is 0.372 e. The highest BCUT2D eigenvalue weighted by atomic mass is 16.2. The molecule has 5 heteroatoms. The van der Waals surface area contributed by atoms with Crippen molar-refractivity contribution in [1.82, 2.24) is 14.9 Å².